The van der Waals surface area contributed by atoms with E-state index in [2.05, 4.69) is 19.2 Å². The van der Waals surface area contributed by atoms with E-state index >= 15 is 0 Å². The van der Waals surface area contributed by atoms with Crippen LogP contribution in [0.3, 0.4) is 0 Å². The average molecular weight is 287 g/mol. The molecule has 20 heavy (non-hydrogen) atoms. The first-order valence-electron chi connectivity index (χ1n) is 7.71. The highest BCUT2D eigenvalue weighted by molar-refractivity contribution is 5.81. The summed E-state index contributed by atoms with van der Waals surface area (Å²) in [6.07, 6.45) is 4.49. The van der Waals surface area contributed by atoms with Crippen molar-refractivity contribution in [1.29, 1.82) is 0 Å². The maximum atomic E-state index is 12.0. The average Bonchev–Trinajstić information content (AvgIpc) is 2.89. The number of ether oxygens (including phenoxy) is 3. The van der Waals surface area contributed by atoms with E-state index in [4.69, 9.17) is 14.2 Å². The fraction of sp³-hybridized carbons (Fsp3) is 0.933. The summed E-state index contributed by atoms with van der Waals surface area (Å²) in [6, 6.07) is 0. The van der Waals surface area contributed by atoms with Crippen LogP contribution in [-0.4, -0.2) is 51.1 Å². The molecule has 1 N–H and O–H groups in total. The molecule has 0 heterocycles. The Morgan fingerprint density at radius 3 is 2.70 bits per heavy atom. The van der Waals surface area contributed by atoms with Crippen molar-refractivity contribution >= 4 is 5.97 Å². The third-order valence-corrected chi connectivity index (χ3v) is 3.69. The number of carbonyl (C=O) groups is 1. The van der Waals surface area contributed by atoms with Crippen LogP contribution < -0.4 is 5.32 Å². The predicted molar refractivity (Wildman–Crippen MR) is 77.7 cm³/mol. The van der Waals surface area contributed by atoms with Gasteiger partial charge in [-0.2, -0.15) is 0 Å². The molecule has 1 aliphatic carbocycles. The minimum Gasteiger partial charge on any atom is -0.468 e. The van der Waals surface area contributed by atoms with Gasteiger partial charge in [-0.25, -0.2) is 0 Å². The van der Waals surface area contributed by atoms with Gasteiger partial charge in [-0.3, -0.25) is 4.79 Å². The number of nitrogens with one attached hydrogen (secondary N) is 1. The van der Waals surface area contributed by atoms with Gasteiger partial charge in [0.15, 0.2) is 0 Å². The molecule has 118 valence electrons. The van der Waals surface area contributed by atoms with E-state index in [9.17, 15) is 4.79 Å². The predicted octanol–water partition coefficient (Wildman–Crippen LogP) is 1.89. The number of hydrogen-bond acceptors (Lipinski definition) is 5. The Kier molecular flexibility index (Phi) is 8.11. The van der Waals surface area contributed by atoms with Crippen LogP contribution in [-0.2, 0) is 19.0 Å². The van der Waals surface area contributed by atoms with E-state index in [0.29, 0.717) is 19.6 Å². The van der Waals surface area contributed by atoms with Gasteiger partial charge in [-0.05, 0) is 32.2 Å². The first kappa shape index (κ1) is 17.4. The van der Waals surface area contributed by atoms with Gasteiger partial charge >= 0.3 is 5.97 Å². The van der Waals surface area contributed by atoms with Crippen molar-refractivity contribution in [3.8, 4) is 0 Å². The molecule has 0 aromatic carbocycles. The van der Waals surface area contributed by atoms with Crippen LogP contribution in [0.15, 0.2) is 0 Å². The van der Waals surface area contributed by atoms with E-state index in [1.165, 1.54) is 7.11 Å². The smallest absolute Gasteiger partial charge is 0.326 e. The van der Waals surface area contributed by atoms with Gasteiger partial charge in [0.05, 0.1) is 26.4 Å². The Balaban J connectivity index is 2.38. The molecule has 0 aliphatic heterocycles. The summed E-state index contributed by atoms with van der Waals surface area (Å²) in [5.74, 6) is -0.167. The van der Waals surface area contributed by atoms with E-state index in [1.807, 2.05) is 0 Å². The van der Waals surface area contributed by atoms with Gasteiger partial charge in [0.1, 0.15) is 5.54 Å². The molecule has 5 nitrogen and oxygen atoms in total. The fourth-order valence-corrected chi connectivity index (χ4v) is 2.64. The van der Waals surface area contributed by atoms with Gasteiger partial charge in [-0.15, -0.1) is 0 Å². The Bertz CT molecular complexity index is 285. The van der Waals surface area contributed by atoms with Crippen molar-refractivity contribution < 1.29 is 19.0 Å². The summed E-state index contributed by atoms with van der Waals surface area (Å²) in [5.41, 5.74) is -0.556. The molecule has 1 saturated carbocycles. The summed E-state index contributed by atoms with van der Waals surface area (Å²) < 4.78 is 16.2. The van der Waals surface area contributed by atoms with Gasteiger partial charge in [0, 0.05) is 13.0 Å². The Morgan fingerprint density at radius 2 is 2.05 bits per heavy atom. The van der Waals surface area contributed by atoms with Crippen molar-refractivity contribution in [3.63, 3.8) is 0 Å². The van der Waals surface area contributed by atoms with Crippen molar-refractivity contribution in [2.45, 2.75) is 57.6 Å². The number of carbonyl (C=O) groups excluding carboxylic acids is 1. The van der Waals surface area contributed by atoms with Crippen molar-refractivity contribution in [3.05, 3.63) is 0 Å². The fourth-order valence-electron chi connectivity index (χ4n) is 2.64. The standard InChI is InChI=1S/C15H29NO4/c1-4-8-16-15(14(17)18-3)7-6-13(12-15)20-11-10-19-9-5-2/h13,16H,4-12H2,1-3H3. The van der Waals surface area contributed by atoms with Crippen LogP contribution >= 0.6 is 0 Å². The topological polar surface area (TPSA) is 56.8 Å². The molecule has 1 fully saturated rings. The highest BCUT2D eigenvalue weighted by Gasteiger charge is 2.46. The van der Waals surface area contributed by atoms with Gasteiger partial charge in [0.25, 0.3) is 0 Å². The van der Waals surface area contributed by atoms with E-state index in [0.717, 1.165) is 38.8 Å². The molecule has 0 saturated heterocycles. The highest BCUT2D eigenvalue weighted by Crippen LogP contribution is 2.33. The van der Waals surface area contributed by atoms with Crippen LogP contribution in [0.25, 0.3) is 0 Å². The minimum absolute atomic E-state index is 0.115. The molecule has 0 aromatic heterocycles. The monoisotopic (exact) mass is 287 g/mol. The summed E-state index contributed by atoms with van der Waals surface area (Å²) in [7, 11) is 1.45. The lowest BCUT2D eigenvalue weighted by Gasteiger charge is -2.27. The normalized spacial score (nSPS) is 25.9. The summed E-state index contributed by atoms with van der Waals surface area (Å²) in [4.78, 5) is 12.0. The van der Waals surface area contributed by atoms with Crippen LogP contribution in [0.2, 0.25) is 0 Å². The molecule has 2 atom stereocenters. The number of methoxy groups -OCH3 is 1. The lowest BCUT2D eigenvalue weighted by molar-refractivity contribution is -0.149. The van der Waals surface area contributed by atoms with Gasteiger partial charge < -0.3 is 19.5 Å². The van der Waals surface area contributed by atoms with Crippen molar-refractivity contribution in [2.24, 2.45) is 0 Å². The molecule has 0 radical (unpaired) electrons. The number of rotatable bonds is 10. The Morgan fingerprint density at radius 1 is 1.25 bits per heavy atom. The van der Waals surface area contributed by atoms with Crippen LogP contribution in [0.1, 0.15) is 46.0 Å². The SMILES string of the molecule is CCCNC1(C(=O)OC)CCC(OCCOCCC)C1. The first-order chi connectivity index (χ1) is 9.68. The molecule has 2 unspecified atom stereocenters. The van der Waals surface area contributed by atoms with Gasteiger partial charge in [-0.1, -0.05) is 13.8 Å². The maximum Gasteiger partial charge on any atom is 0.326 e. The summed E-state index contributed by atoms with van der Waals surface area (Å²) in [5, 5.41) is 3.35. The van der Waals surface area contributed by atoms with E-state index in [-0.39, 0.29) is 12.1 Å². The van der Waals surface area contributed by atoms with Crippen molar-refractivity contribution in [2.75, 3.05) is 33.5 Å². The van der Waals surface area contributed by atoms with Gasteiger partial charge in [0.2, 0.25) is 0 Å². The van der Waals surface area contributed by atoms with Crippen LogP contribution in [0.5, 0.6) is 0 Å². The second-order valence-electron chi connectivity index (χ2n) is 5.35. The zero-order valence-electron chi connectivity index (χ0n) is 13.1. The summed E-state index contributed by atoms with van der Waals surface area (Å²) >= 11 is 0. The molecular formula is C15H29NO4. The zero-order chi connectivity index (χ0) is 14.8. The zero-order valence-corrected chi connectivity index (χ0v) is 13.1. The molecule has 1 rings (SSSR count). The molecule has 1 aliphatic rings. The second-order valence-corrected chi connectivity index (χ2v) is 5.35. The van der Waals surface area contributed by atoms with E-state index in [1.54, 1.807) is 0 Å². The highest BCUT2D eigenvalue weighted by atomic mass is 16.5. The largest absolute Gasteiger partial charge is 0.468 e. The molecule has 0 aromatic rings. The number of hydrogen-bond donors (Lipinski definition) is 1. The molecule has 0 spiro atoms. The third kappa shape index (κ3) is 5.04. The Labute approximate surface area is 122 Å². The molecule has 5 heteroatoms. The molecule has 0 amide bonds. The summed E-state index contributed by atoms with van der Waals surface area (Å²) in [6.45, 7) is 6.99. The van der Waals surface area contributed by atoms with E-state index < -0.39 is 5.54 Å². The maximum absolute atomic E-state index is 12.0. The molecule has 0 bridgehead atoms. The van der Waals surface area contributed by atoms with Crippen LogP contribution in [0, 0.1) is 0 Å². The molecular weight excluding hydrogens is 258 g/mol. The lowest BCUT2D eigenvalue weighted by Crippen LogP contribution is -2.51. The first-order valence-corrected chi connectivity index (χ1v) is 7.71. The quantitative estimate of drug-likeness (QED) is 0.491. The minimum atomic E-state index is -0.556. The number of esters is 1. The Hall–Kier alpha value is -0.650. The van der Waals surface area contributed by atoms with Crippen LogP contribution in [0.4, 0.5) is 0 Å². The third-order valence-electron chi connectivity index (χ3n) is 3.69. The lowest BCUT2D eigenvalue weighted by atomic mass is 9.97. The second kappa shape index (κ2) is 9.32. The van der Waals surface area contributed by atoms with Crippen molar-refractivity contribution in [1.82, 2.24) is 5.32 Å².